The van der Waals surface area contributed by atoms with Gasteiger partial charge in [0.1, 0.15) is 5.82 Å². The minimum Gasteiger partial charge on any atom is -0.312 e. The summed E-state index contributed by atoms with van der Waals surface area (Å²) in [7, 11) is 0. The molecule has 0 aliphatic carbocycles. The van der Waals surface area contributed by atoms with Crippen molar-refractivity contribution in [3.8, 4) is 0 Å². The molecule has 1 aliphatic rings. The van der Waals surface area contributed by atoms with Crippen molar-refractivity contribution in [3.63, 3.8) is 0 Å². The Labute approximate surface area is 78.0 Å². The molecule has 0 spiro atoms. The maximum absolute atomic E-state index is 13.4. The average Bonchev–Trinajstić information content (AvgIpc) is 2.06. The van der Waals surface area contributed by atoms with Gasteiger partial charge in [0, 0.05) is 24.1 Å². The van der Waals surface area contributed by atoms with E-state index in [9.17, 15) is 4.39 Å². The van der Waals surface area contributed by atoms with Crippen molar-refractivity contribution < 1.29 is 4.39 Å². The average molecular weight is 179 g/mol. The zero-order chi connectivity index (χ0) is 9.47. The maximum Gasteiger partial charge on any atom is 0.127 e. The summed E-state index contributed by atoms with van der Waals surface area (Å²) in [5.41, 5.74) is 2.03. The first-order chi connectivity index (χ1) is 6.11. The molecule has 2 rings (SSSR count). The maximum atomic E-state index is 13.4. The van der Waals surface area contributed by atoms with Gasteiger partial charge in [-0.25, -0.2) is 4.39 Å². The Morgan fingerprint density at radius 2 is 2.15 bits per heavy atom. The fourth-order valence-electron chi connectivity index (χ4n) is 1.97. The SMILES string of the molecule is CC1(C)CNCc2c(F)cccc21. The third-order valence-corrected chi connectivity index (χ3v) is 2.72. The number of fused-ring (bicyclic) bond motifs is 1. The quantitative estimate of drug-likeness (QED) is 0.644. The van der Waals surface area contributed by atoms with Crippen LogP contribution in [0.1, 0.15) is 25.0 Å². The minimum absolute atomic E-state index is 0.0513. The lowest BCUT2D eigenvalue weighted by Crippen LogP contribution is -2.39. The first kappa shape index (κ1) is 8.70. The van der Waals surface area contributed by atoms with Gasteiger partial charge in [0.2, 0.25) is 0 Å². The summed E-state index contributed by atoms with van der Waals surface area (Å²) in [6.07, 6.45) is 0. The van der Waals surface area contributed by atoms with Crippen molar-refractivity contribution in [3.05, 3.63) is 35.1 Å². The molecule has 0 saturated carbocycles. The second-order valence-electron chi connectivity index (χ2n) is 4.25. The molecule has 13 heavy (non-hydrogen) atoms. The molecule has 1 aromatic carbocycles. The monoisotopic (exact) mass is 179 g/mol. The fourth-order valence-corrected chi connectivity index (χ4v) is 1.97. The van der Waals surface area contributed by atoms with Gasteiger partial charge >= 0.3 is 0 Å². The van der Waals surface area contributed by atoms with E-state index >= 15 is 0 Å². The minimum atomic E-state index is -0.0854. The zero-order valence-electron chi connectivity index (χ0n) is 8.02. The van der Waals surface area contributed by atoms with Crippen LogP contribution in [0.15, 0.2) is 18.2 Å². The van der Waals surface area contributed by atoms with Gasteiger partial charge in [0.25, 0.3) is 0 Å². The summed E-state index contributed by atoms with van der Waals surface area (Å²) in [6, 6.07) is 5.35. The molecular formula is C11H14FN. The van der Waals surface area contributed by atoms with Gasteiger partial charge in [-0.2, -0.15) is 0 Å². The molecule has 0 radical (unpaired) electrons. The molecule has 0 bridgehead atoms. The Morgan fingerprint density at radius 1 is 1.38 bits per heavy atom. The summed E-state index contributed by atoms with van der Waals surface area (Å²) in [4.78, 5) is 0. The highest BCUT2D eigenvalue weighted by molar-refractivity contribution is 5.36. The molecule has 0 amide bonds. The number of hydrogen-bond donors (Lipinski definition) is 1. The standard InChI is InChI=1S/C11H14FN/c1-11(2)7-13-6-8-9(11)4-3-5-10(8)12/h3-5,13H,6-7H2,1-2H3. The van der Waals surface area contributed by atoms with E-state index < -0.39 is 0 Å². The number of hydrogen-bond acceptors (Lipinski definition) is 1. The highest BCUT2D eigenvalue weighted by Crippen LogP contribution is 2.30. The van der Waals surface area contributed by atoms with Gasteiger partial charge in [-0.05, 0) is 11.6 Å². The largest absolute Gasteiger partial charge is 0.312 e. The van der Waals surface area contributed by atoms with Gasteiger partial charge in [-0.15, -0.1) is 0 Å². The number of halogens is 1. The molecule has 0 fully saturated rings. The molecule has 0 atom stereocenters. The van der Waals surface area contributed by atoms with Crippen LogP contribution in [-0.4, -0.2) is 6.54 Å². The van der Waals surface area contributed by atoms with Gasteiger partial charge in [0.15, 0.2) is 0 Å². The van der Waals surface area contributed by atoms with Crippen LogP contribution in [-0.2, 0) is 12.0 Å². The lowest BCUT2D eigenvalue weighted by atomic mass is 9.79. The molecule has 1 N–H and O–H groups in total. The smallest absolute Gasteiger partial charge is 0.127 e. The highest BCUT2D eigenvalue weighted by Gasteiger charge is 2.28. The van der Waals surface area contributed by atoms with E-state index in [0.717, 1.165) is 17.7 Å². The number of nitrogens with one attached hydrogen (secondary N) is 1. The predicted octanol–water partition coefficient (Wildman–Crippen LogP) is 2.21. The summed E-state index contributed by atoms with van der Waals surface area (Å²) in [6.45, 7) is 5.85. The molecule has 0 saturated heterocycles. The fraction of sp³-hybridized carbons (Fsp3) is 0.455. The van der Waals surface area contributed by atoms with Crippen LogP contribution in [0.25, 0.3) is 0 Å². The molecular weight excluding hydrogens is 165 g/mol. The van der Waals surface area contributed by atoms with Crippen LogP contribution in [0.3, 0.4) is 0 Å². The molecule has 0 unspecified atom stereocenters. The van der Waals surface area contributed by atoms with E-state index in [1.165, 1.54) is 6.07 Å². The molecule has 2 heteroatoms. The van der Waals surface area contributed by atoms with E-state index in [4.69, 9.17) is 0 Å². The van der Waals surface area contributed by atoms with E-state index in [0.29, 0.717) is 6.54 Å². The van der Waals surface area contributed by atoms with Crippen molar-refractivity contribution in [1.82, 2.24) is 5.32 Å². The lowest BCUT2D eigenvalue weighted by molar-refractivity contribution is 0.422. The van der Waals surface area contributed by atoms with E-state index in [1.54, 1.807) is 6.07 Å². The Balaban J connectivity index is 2.58. The second kappa shape index (κ2) is 2.81. The van der Waals surface area contributed by atoms with E-state index in [2.05, 4.69) is 19.2 Å². The molecule has 1 aromatic rings. The first-order valence-electron chi connectivity index (χ1n) is 4.60. The van der Waals surface area contributed by atoms with Crippen LogP contribution in [0, 0.1) is 5.82 Å². The van der Waals surface area contributed by atoms with Crippen LogP contribution < -0.4 is 5.32 Å². The Hall–Kier alpha value is -0.890. The van der Waals surface area contributed by atoms with Crippen LogP contribution in [0.4, 0.5) is 4.39 Å². The van der Waals surface area contributed by atoms with Crippen molar-refractivity contribution >= 4 is 0 Å². The third kappa shape index (κ3) is 1.35. The molecule has 70 valence electrons. The van der Waals surface area contributed by atoms with Crippen LogP contribution in [0.5, 0.6) is 0 Å². The summed E-state index contributed by atoms with van der Waals surface area (Å²) in [5, 5.41) is 3.23. The van der Waals surface area contributed by atoms with Crippen LogP contribution in [0.2, 0.25) is 0 Å². The Bertz CT molecular complexity index is 331. The summed E-state index contributed by atoms with van der Waals surface area (Å²) < 4.78 is 13.4. The third-order valence-electron chi connectivity index (χ3n) is 2.72. The first-order valence-corrected chi connectivity index (χ1v) is 4.60. The van der Waals surface area contributed by atoms with Crippen molar-refractivity contribution in [2.45, 2.75) is 25.8 Å². The van der Waals surface area contributed by atoms with Crippen molar-refractivity contribution in [2.75, 3.05) is 6.54 Å². The lowest BCUT2D eigenvalue weighted by Gasteiger charge is -2.33. The summed E-state index contributed by atoms with van der Waals surface area (Å²) >= 11 is 0. The number of rotatable bonds is 0. The summed E-state index contributed by atoms with van der Waals surface area (Å²) in [5.74, 6) is -0.0854. The van der Waals surface area contributed by atoms with Crippen molar-refractivity contribution in [2.24, 2.45) is 0 Å². The molecule has 0 aromatic heterocycles. The van der Waals surface area contributed by atoms with Gasteiger partial charge < -0.3 is 5.32 Å². The topological polar surface area (TPSA) is 12.0 Å². The normalized spacial score (nSPS) is 19.6. The zero-order valence-corrected chi connectivity index (χ0v) is 8.02. The van der Waals surface area contributed by atoms with E-state index in [-0.39, 0.29) is 11.2 Å². The van der Waals surface area contributed by atoms with Gasteiger partial charge in [-0.3, -0.25) is 0 Å². The number of benzene rings is 1. The highest BCUT2D eigenvalue weighted by atomic mass is 19.1. The van der Waals surface area contributed by atoms with Gasteiger partial charge in [-0.1, -0.05) is 26.0 Å². The van der Waals surface area contributed by atoms with E-state index in [1.807, 2.05) is 6.07 Å². The second-order valence-corrected chi connectivity index (χ2v) is 4.25. The van der Waals surface area contributed by atoms with Crippen molar-refractivity contribution in [1.29, 1.82) is 0 Å². The Morgan fingerprint density at radius 3 is 2.85 bits per heavy atom. The van der Waals surface area contributed by atoms with Crippen LogP contribution >= 0.6 is 0 Å². The predicted molar refractivity (Wildman–Crippen MR) is 51.1 cm³/mol. The van der Waals surface area contributed by atoms with Gasteiger partial charge in [0.05, 0.1) is 0 Å². The molecule has 1 nitrogen and oxygen atoms in total. The molecule has 1 aliphatic heterocycles. The Kier molecular flexibility index (Phi) is 1.88. The molecule has 1 heterocycles.